The lowest BCUT2D eigenvalue weighted by molar-refractivity contribution is 0.193. The first-order valence-corrected chi connectivity index (χ1v) is 7.44. The van der Waals surface area contributed by atoms with Crippen LogP contribution in [-0.4, -0.2) is 24.5 Å². The van der Waals surface area contributed by atoms with Crippen LogP contribution in [0.1, 0.15) is 17.2 Å². The molecule has 1 heterocycles. The summed E-state index contributed by atoms with van der Waals surface area (Å²) in [6.07, 6.45) is 0. The molecule has 0 amide bonds. The first-order valence-electron chi connectivity index (χ1n) is 7.06. The van der Waals surface area contributed by atoms with Gasteiger partial charge >= 0.3 is 0 Å². The van der Waals surface area contributed by atoms with Gasteiger partial charge in [-0.3, -0.25) is 4.90 Å². The average molecular weight is 360 g/mol. The van der Waals surface area contributed by atoms with Crippen molar-refractivity contribution in [2.45, 2.75) is 12.6 Å². The van der Waals surface area contributed by atoms with Crippen molar-refractivity contribution in [3.05, 3.63) is 70.7 Å². The smallest absolute Gasteiger partial charge is 0.0449 e. The van der Waals surface area contributed by atoms with Crippen LogP contribution in [-0.2, 0) is 6.54 Å². The third-order valence-electron chi connectivity index (χ3n) is 3.78. The van der Waals surface area contributed by atoms with Gasteiger partial charge in [0.15, 0.2) is 0 Å². The van der Waals surface area contributed by atoms with Gasteiger partial charge in [0, 0.05) is 37.2 Å². The van der Waals surface area contributed by atoms with Gasteiger partial charge in [-0.1, -0.05) is 54.1 Å². The summed E-state index contributed by atoms with van der Waals surface area (Å²) in [6.45, 7) is 4.18. The number of rotatable bonds is 3. The van der Waals surface area contributed by atoms with E-state index in [1.807, 2.05) is 12.1 Å². The molecule has 1 aliphatic heterocycles. The first kappa shape index (κ1) is 19.3. The largest absolute Gasteiger partial charge is 0.308 e. The van der Waals surface area contributed by atoms with Crippen LogP contribution >= 0.6 is 36.4 Å². The molecule has 1 fully saturated rings. The molecule has 1 aliphatic rings. The fraction of sp³-hybridized carbons (Fsp3) is 0.294. The maximum absolute atomic E-state index is 5.96. The topological polar surface area (TPSA) is 15.3 Å². The normalized spacial score (nSPS) is 18.1. The van der Waals surface area contributed by atoms with E-state index in [1.54, 1.807) is 0 Å². The molecule has 0 radical (unpaired) electrons. The Hall–Kier alpha value is -0.770. The molecular weight excluding hydrogens is 339 g/mol. The molecule has 22 heavy (non-hydrogen) atoms. The van der Waals surface area contributed by atoms with Crippen molar-refractivity contribution in [2.75, 3.05) is 19.6 Å². The van der Waals surface area contributed by atoms with Crippen LogP contribution in [0.4, 0.5) is 0 Å². The summed E-state index contributed by atoms with van der Waals surface area (Å²) in [5, 5.41) is 4.38. The number of piperazine rings is 1. The van der Waals surface area contributed by atoms with E-state index in [2.05, 4.69) is 52.7 Å². The second kappa shape index (κ2) is 9.39. The molecule has 0 unspecified atom stereocenters. The highest BCUT2D eigenvalue weighted by molar-refractivity contribution is 6.30. The predicted molar refractivity (Wildman–Crippen MR) is 98.4 cm³/mol. The minimum Gasteiger partial charge on any atom is -0.308 e. The predicted octanol–water partition coefficient (Wildman–Crippen LogP) is 4.33. The molecule has 1 atom stereocenters. The second-order valence-electron chi connectivity index (χ2n) is 5.28. The minimum atomic E-state index is 0. The van der Waals surface area contributed by atoms with Crippen LogP contribution in [0.25, 0.3) is 0 Å². The molecule has 2 aromatic rings. The molecule has 0 spiro atoms. The fourth-order valence-electron chi connectivity index (χ4n) is 2.71. The van der Waals surface area contributed by atoms with Gasteiger partial charge in [0.05, 0.1) is 0 Å². The van der Waals surface area contributed by atoms with Crippen molar-refractivity contribution in [3.8, 4) is 0 Å². The van der Waals surface area contributed by atoms with E-state index in [9.17, 15) is 0 Å². The summed E-state index contributed by atoms with van der Waals surface area (Å²) < 4.78 is 0. The van der Waals surface area contributed by atoms with Gasteiger partial charge in [0.2, 0.25) is 0 Å². The van der Waals surface area contributed by atoms with Crippen LogP contribution in [0, 0.1) is 0 Å². The molecular formula is C17H21Cl3N2. The molecule has 2 nitrogen and oxygen atoms in total. The molecule has 1 saturated heterocycles. The fourth-order valence-corrected chi connectivity index (χ4v) is 2.84. The number of nitrogens with one attached hydrogen (secondary N) is 1. The Morgan fingerprint density at radius 3 is 2.36 bits per heavy atom. The van der Waals surface area contributed by atoms with Gasteiger partial charge in [-0.2, -0.15) is 0 Å². The number of nitrogens with zero attached hydrogens (tertiary/aromatic N) is 1. The molecule has 1 N–H and O–H groups in total. The molecule has 3 rings (SSSR count). The zero-order valence-electron chi connectivity index (χ0n) is 12.2. The van der Waals surface area contributed by atoms with Crippen LogP contribution in [0.5, 0.6) is 0 Å². The quantitative estimate of drug-likeness (QED) is 0.877. The maximum atomic E-state index is 5.96. The van der Waals surface area contributed by atoms with Gasteiger partial charge in [0.25, 0.3) is 0 Å². The van der Waals surface area contributed by atoms with Gasteiger partial charge in [-0.25, -0.2) is 0 Å². The Morgan fingerprint density at radius 1 is 1.00 bits per heavy atom. The van der Waals surface area contributed by atoms with Crippen molar-refractivity contribution in [3.63, 3.8) is 0 Å². The lowest BCUT2D eigenvalue weighted by Gasteiger charge is -2.34. The SMILES string of the molecule is Cl.Cl.Clc1ccc([C@@H]2CN(Cc3ccccc3)CCN2)cc1. The summed E-state index contributed by atoms with van der Waals surface area (Å²) in [5.74, 6) is 0. The van der Waals surface area contributed by atoms with E-state index < -0.39 is 0 Å². The van der Waals surface area contributed by atoms with Gasteiger partial charge < -0.3 is 5.32 Å². The van der Waals surface area contributed by atoms with Crippen LogP contribution in [0.3, 0.4) is 0 Å². The number of halogens is 3. The first-order chi connectivity index (χ1) is 9.81. The Labute approximate surface area is 149 Å². The second-order valence-corrected chi connectivity index (χ2v) is 5.72. The van der Waals surface area contributed by atoms with Gasteiger partial charge in [-0.05, 0) is 23.3 Å². The zero-order valence-corrected chi connectivity index (χ0v) is 14.6. The zero-order chi connectivity index (χ0) is 13.8. The monoisotopic (exact) mass is 358 g/mol. The van der Waals surface area contributed by atoms with Crippen molar-refractivity contribution in [1.29, 1.82) is 0 Å². The molecule has 0 bridgehead atoms. The minimum absolute atomic E-state index is 0. The molecule has 0 aromatic heterocycles. The van der Waals surface area contributed by atoms with Gasteiger partial charge in [-0.15, -0.1) is 24.8 Å². The van der Waals surface area contributed by atoms with Crippen molar-refractivity contribution < 1.29 is 0 Å². The van der Waals surface area contributed by atoms with E-state index >= 15 is 0 Å². The lowest BCUT2D eigenvalue weighted by atomic mass is 10.0. The third-order valence-corrected chi connectivity index (χ3v) is 4.03. The van der Waals surface area contributed by atoms with Gasteiger partial charge in [0.1, 0.15) is 0 Å². The average Bonchev–Trinajstić information content (AvgIpc) is 2.49. The van der Waals surface area contributed by atoms with E-state index in [0.29, 0.717) is 6.04 Å². The number of hydrogen-bond donors (Lipinski definition) is 1. The van der Waals surface area contributed by atoms with Crippen molar-refractivity contribution in [1.82, 2.24) is 10.2 Å². The van der Waals surface area contributed by atoms with E-state index in [-0.39, 0.29) is 24.8 Å². The summed E-state index contributed by atoms with van der Waals surface area (Å²) in [5.41, 5.74) is 2.69. The van der Waals surface area contributed by atoms with Crippen LogP contribution < -0.4 is 5.32 Å². The van der Waals surface area contributed by atoms with E-state index in [4.69, 9.17) is 11.6 Å². The Balaban J connectivity index is 0.00000121. The molecule has 5 heteroatoms. The Kier molecular flexibility index (Phi) is 8.23. The van der Waals surface area contributed by atoms with E-state index in [0.717, 1.165) is 31.2 Å². The molecule has 0 aliphatic carbocycles. The Bertz CT molecular complexity index is 546. The maximum Gasteiger partial charge on any atom is 0.0449 e. The highest BCUT2D eigenvalue weighted by Crippen LogP contribution is 2.20. The lowest BCUT2D eigenvalue weighted by Crippen LogP contribution is -2.45. The van der Waals surface area contributed by atoms with Crippen molar-refractivity contribution in [2.24, 2.45) is 0 Å². The summed E-state index contributed by atoms with van der Waals surface area (Å²) in [6, 6.07) is 19.2. The summed E-state index contributed by atoms with van der Waals surface area (Å²) in [7, 11) is 0. The Morgan fingerprint density at radius 2 is 1.68 bits per heavy atom. The third kappa shape index (κ3) is 5.15. The highest BCUT2D eigenvalue weighted by atomic mass is 35.5. The van der Waals surface area contributed by atoms with Crippen LogP contribution in [0.15, 0.2) is 54.6 Å². The summed E-state index contributed by atoms with van der Waals surface area (Å²) >= 11 is 5.96. The molecule has 0 saturated carbocycles. The van der Waals surface area contributed by atoms with E-state index in [1.165, 1.54) is 11.1 Å². The standard InChI is InChI=1S/C17H19ClN2.2ClH/c18-16-8-6-15(7-9-16)17-13-20(11-10-19-17)12-14-4-2-1-3-5-14;;/h1-9,17,19H,10-13H2;2*1H/t17-;;/m0../s1. The van der Waals surface area contributed by atoms with Crippen molar-refractivity contribution >= 4 is 36.4 Å². The molecule has 2 aromatic carbocycles. The molecule has 120 valence electrons. The van der Waals surface area contributed by atoms with Crippen LogP contribution in [0.2, 0.25) is 5.02 Å². The summed E-state index contributed by atoms with van der Waals surface area (Å²) in [4.78, 5) is 2.51. The number of benzene rings is 2. The number of hydrogen-bond acceptors (Lipinski definition) is 2. The highest BCUT2D eigenvalue weighted by Gasteiger charge is 2.20.